The smallest absolute Gasteiger partial charge is 0.406 e. The van der Waals surface area contributed by atoms with Crippen molar-refractivity contribution in [1.82, 2.24) is 5.32 Å². The predicted octanol–water partition coefficient (Wildman–Crippen LogP) is 4.36. The molecule has 0 aliphatic rings. The van der Waals surface area contributed by atoms with Gasteiger partial charge in [-0.05, 0) is 35.4 Å². The van der Waals surface area contributed by atoms with Gasteiger partial charge in [0.1, 0.15) is 5.75 Å². The Hall–Kier alpha value is -2.01. The summed E-state index contributed by atoms with van der Waals surface area (Å²) >= 11 is 0. The number of alkyl halides is 3. The Morgan fingerprint density at radius 2 is 1.43 bits per heavy atom. The van der Waals surface area contributed by atoms with Gasteiger partial charge in [0.25, 0.3) is 0 Å². The van der Waals surface area contributed by atoms with Gasteiger partial charge in [0.05, 0.1) is 0 Å². The monoisotopic (exact) mass is 295 g/mol. The summed E-state index contributed by atoms with van der Waals surface area (Å²) in [5.74, 6) is -0.213. The van der Waals surface area contributed by atoms with E-state index in [1.165, 1.54) is 12.1 Å². The van der Waals surface area contributed by atoms with E-state index in [9.17, 15) is 13.2 Å². The number of ether oxygens (including phenoxy) is 1. The van der Waals surface area contributed by atoms with Crippen molar-refractivity contribution in [2.45, 2.75) is 19.8 Å². The van der Waals surface area contributed by atoms with Crippen LogP contribution in [0.15, 0.2) is 48.5 Å². The van der Waals surface area contributed by atoms with E-state index < -0.39 is 6.36 Å². The third-order valence-electron chi connectivity index (χ3n) is 2.95. The van der Waals surface area contributed by atoms with Gasteiger partial charge in [-0.15, -0.1) is 13.2 Å². The molecule has 112 valence electrons. The molecule has 0 aromatic heterocycles. The van der Waals surface area contributed by atoms with Crippen molar-refractivity contribution < 1.29 is 17.9 Å². The molecule has 21 heavy (non-hydrogen) atoms. The highest BCUT2D eigenvalue weighted by Gasteiger charge is 2.30. The highest BCUT2D eigenvalue weighted by Crippen LogP contribution is 2.26. The summed E-state index contributed by atoms with van der Waals surface area (Å²) in [5, 5.41) is 3.23. The lowest BCUT2D eigenvalue weighted by Gasteiger charge is -2.09. The van der Waals surface area contributed by atoms with Gasteiger partial charge in [-0.1, -0.05) is 43.3 Å². The van der Waals surface area contributed by atoms with Crippen LogP contribution in [-0.2, 0) is 6.54 Å². The Labute approximate surface area is 121 Å². The predicted molar refractivity (Wildman–Crippen MR) is 75.9 cm³/mol. The average Bonchev–Trinajstić information content (AvgIpc) is 2.45. The number of halogens is 3. The van der Waals surface area contributed by atoms with Crippen LogP contribution >= 0.6 is 0 Å². The van der Waals surface area contributed by atoms with Crippen molar-refractivity contribution in [3.8, 4) is 16.9 Å². The summed E-state index contributed by atoms with van der Waals surface area (Å²) in [4.78, 5) is 0. The van der Waals surface area contributed by atoms with E-state index in [0.29, 0.717) is 0 Å². The van der Waals surface area contributed by atoms with Gasteiger partial charge in [-0.3, -0.25) is 0 Å². The van der Waals surface area contributed by atoms with Crippen LogP contribution < -0.4 is 10.1 Å². The summed E-state index contributed by atoms with van der Waals surface area (Å²) in [7, 11) is 0. The highest BCUT2D eigenvalue weighted by molar-refractivity contribution is 5.64. The van der Waals surface area contributed by atoms with Crippen LogP contribution in [0, 0.1) is 0 Å². The molecule has 0 radical (unpaired) electrons. The van der Waals surface area contributed by atoms with E-state index in [1.54, 1.807) is 12.1 Å². The minimum Gasteiger partial charge on any atom is -0.406 e. The Balaban J connectivity index is 2.08. The Morgan fingerprint density at radius 1 is 0.905 bits per heavy atom. The standard InChI is InChI=1S/C16H16F3NO/c1-2-20-11-12-3-5-13(6-4-12)14-7-9-15(10-8-14)21-16(17,18)19/h3-10,20H,2,11H2,1H3. The van der Waals surface area contributed by atoms with Crippen LogP contribution in [0.1, 0.15) is 12.5 Å². The third-order valence-corrected chi connectivity index (χ3v) is 2.95. The van der Waals surface area contributed by atoms with Crippen LogP contribution in [0.25, 0.3) is 11.1 Å². The summed E-state index contributed by atoms with van der Waals surface area (Å²) in [5.41, 5.74) is 2.96. The second-order valence-electron chi connectivity index (χ2n) is 4.55. The highest BCUT2D eigenvalue weighted by atomic mass is 19.4. The molecule has 2 rings (SSSR count). The molecule has 0 spiro atoms. The minimum atomic E-state index is -4.66. The molecule has 2 aromatic carbocycles. The minimum absolute atomic E-state index is 0.213. The Kier molecular flexibility index (Phi) is 4.85. The van der Waals surface area contributed by atoms with E-state index in [0.717, 1.165) is 29.8 Å². The molecular weight excluding hydrogens is 279 g/mol. The lowest BCUT2D eigenvalue weighted by molar-refractivity contribution is -0.274. The first-order valence-corrected chi connectivity index (χ1v) is 6.64. The molecule has 0 fully saturated rings. The molecule has 0 atom stereocenters. The van der Waals surface area contributed by atoms with Gasteiger partial charge >= 0.3 is 6.36 Å². The van der Waals surface area contributed by atoms with E-state index in [1.807, 2.05) is 31.2 Å². The van der Waals surface area contributed by atoms with Gasteiger partial charge < -0.3 is 10.1 Å². The summed E-state index contributed by atoms with van der Waals surface area (Å²) in [6.45, 7) is 3.75. The zero-order chi connectivity index (χ0) is 15.3. The maximum absolute atomic E-state index is 12.1. The van der Waals surface area contributed by atoms with Crippen molar-refractivity contribution in [1.29, 1.82) is 0 Å². The first-order chi connectivity index (χ1) is 9.98. The topological polar surface area (TPSA) is 21.3 Å². The first kappa shape index (κ1) is 15.4. The fourth-order valence-electron chi connectivity index (χ4n) is 1.93. The zero-order valence-corrected chi connectivity index (χ0v) is 11.6. The van der Waals surface area contributed by atoms with Crippen molar-refractivity contribution in [3.63, 3.8) is 0 Å². The van der Waals surface area contributed by atoms with Gasteiger partial charge in [-0.25, -0.2) is 0 Å². The van der Waals surface area contributed by atoms with Gasteiger partial charge in [0.2, 0.25) is 0 Å². The number of benzene rings is 2. The van der Waals surface area contributed by atoms with E-state index in [4.69, 9.17) is 0 Å². The van der Waals surface area contributed by atoms with Crippen LogP contribution in [-0.4, -0.2) is 12.9 Å². The molecule has 0 saturated heterocycles. The third kappa shape index (κ3) is 4.79. The Bertz CT molecular complexity index is 562. The summed E-state index contributed by atoms with van der Waals surface area (Å²) in [6, 6.07) is 13.8. The summed E-state index contributed by atoms with van der Waals surface area (Å²) in [6.07, 6.45) is -4.66. The molecule has 0 bridgehead atoms. The SMILES string of the molecule is CCNCc1ccc(-c2ccc(OC(F)(F)F)cc2)cc1. The molecule has 0 saturated carbocycles. The largest absolute Gasteiger partial charge is 0.573 e. The molecule has 0 heterocycles. The lowest BCUT2D eigenvalue weighted by Crippen LogP contribution is -2.16. The fraction of sp³-hybridized carbons (Fsp3) is 0.250. The molecule has 0 amide bonds. The molecule has 5 heteroatoms. The average molecular weight is 295 g/mol. The molecule has 2 aromatic rings. The molecule has 0 unspecified atom stereocenters. The van der Waals surface area contributed by atoms with E-state index >= 15 is 0 Å². The molecule has 1 N–H and O–H groups in total. The Morgan fingerprint density at radius 3 is 1.90 bits per heavy atom. The normalized spacial score (nSPS) is 11.4. The molecular formula is C16H16F3NO. The zero-order valence-electron chi connectivity index (χ0n) is 11.6. The second kappa shape index (κ2) is 6.63. The van der Waals surface area contributed by atoms with Crippen molar-refractivity contribution in [2.24, 2.45) is 0 Å². The van der Waals surface area contributed by atoms with Crippen molar-refractivity contribution >= 4 is 0 Å². The van der Waals surface area contributed by atoms with E-state index in [2.05, 4.69) is 10.1 Å². The van der Waals surface area contributed by atoms with Crippen molar-refractivity contribution in [3.05, 3.63) is 54.1 Å². The van der Waals surface area contributed by atoms with Crippen LogP contribution in [0.3, 0.4) is 0 Å². The fourth-order valence-corrected chi connectivity index (χ4v) is 1.93. The summed E-state index contributed by atoms with van der Waals surface area (Å²) < 4.78 is 40.1. The van der Waals surface area contributed by atoms with Gasteiger partial charge in [-0.2, -0.15) is 0 Å². The van der Waals surface area contributed by atoms with Crippen LogP contribution in [0.5, 0.6) is 5.75 Å². The maximum atomic E-state index is 12.1. The lowest BCUT2D eigenvalue weighted by atomic mass is 10.0. The number of hydrogen-bond donors (Lipinski definition) is 1. The quantitative estimate of drug-likeness (QED) is 0.885. The van der Waals surface area contributed by atoms with Crippen LogP contribution in [0.2, 0.25) is 0 Å². The number of rotatable bonds is 5. The first-order valence-electron chi connectivity index (χ1n) is 6.64. The maximum Gasteiger partial charge on any atom is 0.573 e. The van der Waals surface area contributed by atoms with Crippen LogP contribution in [0.4, 0.5) is 13.2 Å². The molecule has 0 aliphatic carbocycles. The molecule has 0 aliphatic heterocycles. The van der Waals surface area contributed by atoms with E-state index in [-0.39, 0.29) is 5.75 Å². The van der Waals surface area contributed by atoms with Gasteiger partial charge in [0, 0.05) is 6.54 Å². The second-order valence-corrected chi connectivity index (χ2v) is 4.55. The number of hydrogen-bond acceptors (Lipinski definition) is 2. The van der Waals surface area contributed by atoms with Crippen molar-refractivity contribution in [2.75, 3.05) is 6.54 Å². The molecule has 2 nitrogen and oxygen atoms in total. The number of nitrogens with one attached hydrogen (secondary N) is 1. The van der Waals surface area contributed by atoms with Gasteiger partial charge in [0.15, 0.2) is 0 Å².